The molecule has 0 saturated carbocycles. The summed E-state index contributed by atoms with van der Waals surface area (Å²) in [7, 11) is -0.395. The molecule has 1 aliphatic carbocycles. The van der Waals surface area contributed by atoms with Crippen molar-refractivity contribution in [3.8, 4) is 39.1 Å². The van der Waals surface area contributed by atoms with Crippen LogP contribution in [0.4, 0.5) is 0 Å². The summed E-state index contributed by atoms with van der Waals surface area (Å²) in [6.07, 6.45) is 17.7. The average Bonchev–Trinajstić information content (AvgIpc) is 3.87. The van der Waals surface area contributed by atoms with Gasteiger partial charge in [-0.2, -0.15) is 0 Å². The number of hydrogen-bond acceptors (Lipinski definition) is 2. The van der Waals surface area contributed by atoms with Gasteiger partial charge in [0.25, 0.3) is 0 Å². The number of rotatable bonds is 18. The number of nitrogens with zero attached hydrogens (tertiary/aromatic N) is 1. The molecule has 4 heteroatoms. The van der Waals surface area contributed by atoms with Gasteiger partial charge in [0, 0.05) is 33.9 Å². The van der Waals surface area contributed by atoms with Crippen molar-refractivity contribution >= 4 is 55.9 Å². The molecular formula is C68H74BNO2. The van der Waals surface area contributed by atoms with Gasteiger partial charge < -0.3 is 13.9 Å². The quantitative estimate of drug-likeness (QED) is 0.0632. The SMILES string of the molecule is CCCCCCCCC1(CCCCCCCC)c2cc(B3OCC(C)(C)C(C)(C)O3)ccc2-c2ccc(-n3c4ccc(-c5cccc6ccccc56)cc4c4cc(-c5cccc6ccccc56)ccc43)cc21. The molecule has 1 aromatic heterocycles. The van der Waals surface area contributed by atoms with E-state index in [1.54, 1.807) is 0 Å². The van der Waals surface area contributed by atoms with E-state index in [2.05, 4.69) is 204 Å². The molecule has 0 amide bonds. The lowest BCUT2D eigenvalue weighted by Gasteiger charge is -2.47. The third kappa shape index (κ3) is 8.81. The van der Waals surface area contributed by atoms with Crippen LogP contribution in [0.1, 0.15) is 143 Å². The van der Waals surface area contributed by atoms with Crippen LogP contribution in [0.25, 0.3) is 82.4 Å². The van der Waals surface area contributed by atoms with Crippen LogP contribution in [0.3, 0.4) is 0 Å². The minimum Gasteiger partial charge on any atom is -0.407 e. The van der Waals surface area contributed by atoms with Gasteiger partial charge in [-0.3, -0.25) is 0 Å². The van der Waals surface area contributed by atoms with Crippen molar-refractivity contribution in [2.45, 2.75) is 142 Å². The molecule has 0 unspecified atom stereocenters. The number of fused-ring (bicyclic) bond motifs is 8. The number of hydrogen-bond donors (Lipinski definition) is 0. The Balaban J connectivity index is 1.09. The number of benzene rings is 8. The molecular weight excluding hydrogens is 874 g/mol. The van der Waals surface area contributed by atoms with Gasteiger partial charge in [-0.25, -0.2) is 0 Å². The minimum absolute atomic E-state index is 0.0893. The predicted octanol–water partition coefficient (Wildman–Crippen LogP) is 18.7. The maximum absolute atomic E-state index is 6.89. The van der Waals surface area contributed by atoms with Crippen LogP contribution >= 0.6 is 0 Å². The zero-order valence-corrected chi connectivity index (χ0v) is 44.0. The molecule has 8 aromatic carbocycles. The molecule has 72 heavy (non-hydrogen) atoms. The Bertz CT molecular complexity index is 3250. The van der Waals surface area contributed by atoms with Gasteiger partial charge in [0.2, 0.25) is 0 Å². The van der Waals surface area contributed by atoms with Gasteiger partial charge in [0.05, 0.1) is 16.6 Å². The lowest BCUT2D eigenvalue weighted by molar-refractivity contribution is -0.0937. The summed E-state index contributed by atoms with van der Waals surface area (Å²) in [4.78, 5) is 0. The summed E-state index contributed by atoms with van der Waals surface area (Å²) in [6.45, 7) is 14.3. The Labute approximate surface area is 430 Å². The van der Waals surface area contributed by atoms with Crippen molar-refractivity contribution in [3.05, 3.63) is 169 Å². The van der Waals surface area contributed by atoms with Crippen molar-refractivity contribution in [1.29, 1.82) is 0 Å². The van der Waals surface area contributed by atoms with Gasteiger partial charge in [-0.15, -0.1) is 0 Å². The van der Waals surface area contributed by atoms with Crippen molar-refractivity contribution in [3.63, 3.8) is 0 Å². The monoisotopic (exact) mass is 948 g/mol. The maximum atomic E-state index is 6.89. The Morgan fingerprint density at radius 3 is 1.51 bits per heavy atom. The molecule has 1 saturated heterocycles. The Kier molecular flexibility index (Phi) is 13.5. The lowest BCUT2D eigenvalue weighted by atomic mass is 9.66. The van der Waals surface area contributed by atoms with E-state index in [9.17, 15) is 0 Å². The van der Waals surface area contributed by atoms with Gasteiger partial charge >= 0.3 is 7.12 Å². The molecule has 11 rings (SSSR count). The molecule has 3 nitrogen and oxygen atoms in total. The molecule has 2 heterocycles. The molecule has 0 atom stereocenters. The molecule has 1 aliphatic heterocycles. The zero-order valence-electron chi connectivity index (χ0n) is 44.0. The Morgan fingerprint density at radius 1 is 0.458 bits per heavy atom. The Hall–Kier alpha value is -5.94. The molecule has 366 valence electrons. The standard InChI is InChI=1S/C68H74BNO2/c1-7-9-11-13-15-21-41-68(42-22-16-14-12-10-8-2)62-45-52(69-71-47-66(3,4)67(5,6)72-69)35-37-58(62)59-38-36-53(46-63(59)68)70-64-39-33-50(56-31-23-27-48-25-17-19-29-54(48)56)43-60(64)61-44-51(34-40-65(61)70)57-32-24-28-49-26-18-20-30-55(49)57/h17-20,23-40,43-46H,7-16,21-22,41-42,47H2,1-6H3. The molecule has 0 radical (unpaired) electrons. The van der Waals surface area contributed by atoms with E-state index in [-0.39, 0.29) is 16.4 Å². The minimum atomic E-state index is -0.395. The third-order valence-electron chi connectivity index (χ3n) is 17.4. The topological polar surface area (TPSA) is 23.4 Å². The normalized spacial score (nSPS) is 15.7. The third-order valence-corrected chi connectivity index (χ3v) is 17.4. The summed E-state index contributed by atoms with van der Waals surface area (Å²) >= 11 is 0. The smallest absolute Gasteiger partial charge is 0.407 e. The fraction of sp³-hybridized carbons (Fsp3) is 0.353. The highest BCUT2D eigenvalue weighted by Gasteiger charge is 2.48. The molecule has 0 bridgehead atoms. The van der Waals surface area contributed by atoms with Gasteiger partial charge in [0.15, 0.2) is 0 Å². The van der Waals surface area contributed by atoms with Gasteiger partial charge in [-0.1, -0.05) is 226 Å². The van der Waals surface area contributed by atoms with E-state index < -0.39 is 7.12 Å². The van der Waals surface area contributed by atoms with E-state index in [0.717, 1.165) is 18.3 Å². The van der Waals surface area contributed by atoms with Crippen molar-refractivity contribution in [2.24, 2.45) is 5.41 Å². The van der Waals surface area contributed by atoms with Crippen LogP contribution in [-0.4, -0.2) is 23.9 Å². The van der Waals surface area contributed by atoms with E-state index in [1.165, 1.54) is 171 Å². The second-order valence-corrected chi connectivity index (χ2v) is 22.7. The number of aromatic nitrogens is 1. The second kappa shape index (κ2) is 20.2. The zero-order chi connectivity index (χ0) is 49.5. The van der Waals surface area contributed by atoms with Crippen molar-refractivity contribution < 1.29 is 9.31 Å². The first-order chi connectivity index (χ1) is 35.1. The van der Waals surface area contributed by atoms with Gasteiger partial charge in [0.1, 0.15) is 0 Å². The average molecular weight is 948 g/mol. The van der Waals surface area contributed by atoms with Crippen LogP contribution in [0.5, 0.6) is 0 Å². The van der Waals surface area contributed by atoms with Gasteiger partial charge in [-0.05, 0) is 135 Å². The summed E-state index contributed by atoms with van der Waals surface area (Å²) < 4.78 is 16.1. The largest absolute Gasteiger partial charge is 0.494 e. The summed E-state index contributed by atoms with van der Waals surface area (Å²) in [5.74, 6) is 0. The predicted molar refractivity (Wildman–Crippen MR) is 309 cm³/mol. The highest BCUT2D eigenvalue weighted by molar-refractivity contribution is 6.61. The highest BCUT2D eigenvalue weighted by Crippen LogP contribution is 2.55. The molecule has 0 N–H and O–H groups in total. The van der Waals surface area contributed by atoms with E-state index in [0.29, 0.717) is 6.61 Å². The van der Waals surface area contributed by atoms with Crippen molar-refractivity contribution in [2.75, 3.05) is 6.61 Å². The van der Waals surface area contributed by atoms with Crippen LogP contribution in [0.15, 0.2) is 158 Å². The molecule has 2 aliphatic rings. The lowest BCUT2D eigenvalue weighted by Crippen LogP contribution is -2.58. The van der Waals surface area contributed by atoms with Crippen molar-refractivity contribution in [1.82, 2.24) is 4.57 Å². The van der Waals surface area contributed by atoms with E-state index >= 15 is 0 Å². The summed E-state index contributed by atoms with van der Waals surface area (Å²) in [6, 6.07) is 60.2. The van der Waals surface area contributed by atoms with Crippen LogP contribution in [0.2, 0.25) is 0 Å². The van der Waals surface area contributed by atoms with E-state index in [1.807, 2.05) is 0 Å². The first kappa shape index (κ1) is 48.3. The first-order valence-corrected chi connectivity index (χ1v) is 27.7. The molecule has 1 fully saturated rings. The maximum Gasteiger partial charge on any atom is 0.494 e. The molecule has 9 aromatic rings. The fourth-order valence-corrected chi connectivity index (χ4v) is 12.5. The molecule has 0 spiro atoms. The van der Waals surface area contributed by atoms with Crippen LogP contribution in [0, 0.1) is 5.41 Å². The summed E-state index contributed by atoms with van der Waals surface area (Å²) in [5.41, 5.74) is 15.1. The second-order valence-electron chi connectivity index (χ2n) is 22.7. The first-order valence-electron chi connectivity index (χ1n) is 27.7. The van der Waals surface area contributed by atoms with Crippen LogP contribution in [-0.2, 0) is 14.7 Å². The van der Waals surface area contributed by atoms with Crippen LogP contribution < -0.4 is 5.46 Å². The summed E-state index contributed by atoms with van der Waals surface area (Å²) in [5, 5.41) is 7.63. The number of unbranched alkanes of at least 4 members (excludes halogenated alkanes) is 10. The van der Waals surface area contributed by atoms with E-state index in [4.69, 9.17) is 9.31 Å². The highest BCUT2D eigenvalue weighted by atomic mass is 16.6. The fourth-order valence-electron chi connectivity index (χ4n) is 12.5. The Morgan fingerprint density at radius 2 is 0.958 bits per heavy atom.